The molecule has 3 heteroatoms. The third-order valence-electron chi connectivity index (χ3n) is 3.88. The topological polar surface area (TPSA) is 35.2 Å². The summed E-state index contributed by atoms with van der Waals surface area (Å²) in [6.07, 6.45) is 1.43. The molecule has 0 heterocycles. The molecule has 2 N–H and O–H groups in total. The van der Waals surface area contributed by atoms with Gasteiger partial charge in [0.15, 0.2) is 11.6 Å². The van der Waals surface area contributed by atoms with Gasteiger partial charge in [-0.3, -0.25) is 0 Å². The molecule has 2 nitrogen and oxygen atoms in total. The molecule has 0 spiro atoms. The van der Waals surface area contributed by atoms with E-state index in [1.54, 1.807) is 18.2 Å². The van der Waals surface area contributed by atoms with Crippen LogP contribution in [0.4, 0.5) is 4.39 Å². The smallest absolute Gasteiger partial charge is 0.168 e. The Morgan fingerprint density at radius 3 is 2.47 bits per heavy atom. The number of hydrogen-bond donors (Lipinski definition) is 1. The van der Waals surface area contributed by atoms with Crippen LogP contribution in [0.2, 0.25) is 0 Å². The van der Waals surface area contributed by atoms with Crippen LogP contribution in [0.15, 0.2) is 18.2 Å². The van der Waals surface area contributed by atoms with E-state index in [-0.39, 0.29) is 23.0 Å². The summed E-state index contributed by atoms with van der Waals surface area (Å²) in [6.45, 7) is 8.81. The number of halogens is 1. The molecule has 2 atom stereocenters. The van der Waals surface area contributed by atoms with Gasteiger partial charge in [-0.1, -0.05) is 39.8 Å². The van der Waals surface area contributed by atoms with Crippen LogP contribution in [0.5, 0.6) is 5.75 Å². The Hall–Kier alpha value is -1.09. The van der Waals surface area contributed by atoms with E-state index in [4.69, 9.17) is 10.5 Å². The molecular weight excluding hydrogens is 241 g/mol. The molecule has 2 unspecified atom stereocenters. The number of nitrogens with two attached hydrogens (primary N) is 1. The first-order valence-electron chi connectivity index (χ1n) is 6.82. The molecule has 19 heavy (non-hydrogen) atoms. The minimum absolute atomic E-state index is 0.0316. The van der Waals surface area contributed by atoms with E-state index in [2.05, 4.69) is 27.7 Å². The van der Waals surface area contributed by atoms with Gasteiger partial charge in [0.25, 0.3) is 0 Å². The van der Waals surface area contributed by atoms with Gasteiger partial charge in [-0.05, 0) is 35.8 Å². The summed E-state index contributed by atoms with van der Waals surface area (Å²) in [4.78, 5) is 0. The Labute approximate surface area is 116 Å². The molecule has 0 saturated carbocycles. The molecule has 0 aromatic heterocycles. The highest BCUT2D eigenvalue weighted by atomic mass is 19.1. The maximum absolute atomic E-state index is 14.0. The number of ether oxygens (including phenoxy) is 1. The average Bonchev–Trinajstić information content (AvgIpc) is 2.30. The van der Waals surface area contributed by atoms with Crippen LogP contribution >= 0.6 is 0 Å². The van der Waals surface area contributed by atoms with Crippen LogP contribution in [0.25, 0.3) is 0 Å². The first kappa shape index (κ1) is 16.0. The van der Waals surface area contributed by atoms with Crippen molar-refractivity contribution in [3.8, 4) is 5.75 Å². The van der Waals surface area contributed by atoms with E-state index in [0.29, 0.717) is 17.9 Å². The van der Waals surface area contributed by atoms with E-state index in [1.807, 2.05) is 0 Å². The van der Waals surface area contributed by atoms with Crippen molar-refractivity contribution in [2.24, 2.45) is 17.1 Å². The van der Waals surface area contributed by atoms with Crippen molar-refractivity contribution >= 4 is 0 Å². The van der Waals surface area contributed by atoms with Gasteiger partial charge in [0.2, 0.25) is 0 Å². The van der Waals surface area contributed by atoms with Crippen molar-refractivity contribution in [1.29, 1.82) is 0 Å². The highest BCUT2D eigenvalue weighted by Gasteiger charge is 2.23. The number of hydrogen-bond acceptors (Lipinski definition) is 2. The summed E-state index contributed by atoms with van der Waals surface area (Å²) in [7, 11) is 1.48. The standard InChI is InChI=1S/C16H26FNO/c1-11(16(2,3)4)9-13(18)10-12-7-6-8-14(19-5)15(12)17/h6-8,11,13H,9-10,18H2,1-5H3. The lowest BCUT2D eigenvalue weighted by Crippen LogP contribution is -2.30. The van der Waals surface area contributed by atoms with E-state index in [0.717, 1.165) is 6.42 Å². The fourth-order valence-corrected chi connectivity index (χ4v) is 2.05. The predicted molar refractivity (Wildman–Crippen MR) is 77.9 cm³/mol. The molecule has 0 bridgehead atoms. The van der Waals surface area contributed by atoms with Crippen LogP contribution < -0.4 is 10.5 Å². The van der Waals surface area contributed by atoms with Gasteiger partial charge in [-0.15, -0.1) is 0 Å². The van der Waals surface area contributed by atoms with Crippen molar-refractivity contribution < 1.29 is 9.13 Å². The Morgan fingerprint density at radius 2 is 1.95 bits per heavy atom. The Balaban J connectivity index is 2.70. The van der Waals surface area contributed by atoms with Crippen molar-refractivity contribution in [1.82, 2.24) is 0 Å². The van der Waals surface area contributed by atoms with Crippen molar-refractivity contribution in [2.75, 3.05) is 7.11 Å². The van der Waals surface area contributed by atoms with E-state index in [1.165, 1.54) is 7.11 Å². The van der Waals surface area contributed by atoms with Gasteiger partial charge < -0.3 is 10.5 Å². The average molecular weight is 267 g/mol. The zero-order chi connectivity index (χ0) is 14.6. The minimum atomic E-state index is -0.288. The number of rotatable bonds is 5. The van der Waals surface area contributed by atoms with Gasteiger partial charge >= 0.3 is 0 Å². The Kier molecular flexibility index (Phi) is 5.36. The fourth-order valence-electron chi connectivity index (χ4n) is 2.05. The highest BCUT2D eigenvalue weighted by Crippen LogP contribution is 2.30. The van der Waals surface area contributed by atoms with Gasteiger partial charge in [0, 0.05) is 6.04 Å². The lowest BCUT2D eigenvalue weighted by Gasteiger charge is -2.29. The SMILES string of the molecule is COc1cccc(CC(N)CC(C)C(C)(C)C)c1F. The molecule has 108 valence electrons. The first-order valence-corrected chi connectivity index (χ1v) is 6.82. The maximum atomic E-state index is 14.0. The summed E-state index contributed by atoms with van der Waals surface area (Å²) in [5.74, 6) is 0.494. The maximum Gasteiger partial charge on any atom is 0.168 e. The molecule has 0 aliphatic carbocycles. The zero-order valence-electron chi connectivity index (χ0n) is 12.7. The molecule has 0 saturated heterocycles. The van der Waals surface area contributed by atoms with Crippen LogP contribution in [0.3, 0.4) is 0 Å². The molecule has 0 aliphatic heterocycles. The quantitative estimate of drug-likeness (QED) is 0.881. The van der Waals surface area contributed by atoms with Gasteiger partial charge in [-0.25, -0.2) is 4.39 Å². The van der Waals surface area contributed by atoms with Gasteiger partial charge in [-0.2, -0.15) is 0 Å². The van der Waals surface area contributed by atoms with Crippen molar-refractivity contribution in [3.05, 3.63) is 29.6 Å². The molecule has 0 amide bonds. The molecule has 1 aromatic carbocycles. The third kappa shape index (κ3) is 4.50. The molecule has 0 radical (unpaired) electrons. The summed E-state index contributed by atoms with van der Waals surface area (Å²) in [5.41, 5.74) is 7.02. The second-order valence-corrected chi connectivity index (χ2v) is 6.40. The normalized spacial score (nSPS) is 15.1. The minimum Gasteiger partial charge on any atom is -0.494 e. The molecule has 1 aromatic rings. The lowest BCUT2D eigenvalue weighted by molar-refractivity contribution is 0.232. The third-order valence-corrected chi connectivity index (χ3v) is 3.88. The predicted octanol–water partition coefficient (Wildman–Crippen LogP) is 3.78. The van der Waals surface area contributed by atoms with E-state index < -0.39 is 0 Å². The van der Waals surface area contributed by atoms with Gasteiger partial charge in [0.1, 0.15) is 0 Å². The van der Waals surface area contributed by atoms with Crippen LogP contribution in [-0.4, -0.2) is 13.2 Å². The first-order chi connectivity index (χ1) is 8.75. The summed E-state index contributed by atoms with van der Waals surface area (Å²) in [5, 5.41) is 0. The van der Waals surface area contributed by atoms with E-state index >= 15 is 0 Å². The summed E-state index contributed by atoms with van der Waals surface area (Å²) < 4.78 is 19.0. The fraction of sp³-hybridized carbons (Fsp3) is 0.625. The Bertz CT molecular complexity index is 412. The van der Waals surface area contributed by atoms with Crippen molar-refractivity contribution in [2.45, 2.75) is 46.6 Å². The molecule has 0 fully saturated rings. The zero-order valence-corrected chi connectivity index (χ0v) is 12.7. The molecule has 1 rings (SSSR count). The number of methoxy groups -OCH3 is 1. The number of benzene rings is 1. The molecular formula is C16H26FNO. The lowest BCUT2D eigenvalue weighted by atomic mass is 9.78. The monoisotopic (exact) mass is 267 g/mol. The largest absolute Gasteiger partial charge is 0.494 e. The van der Waals surface area contributed by atoms with Crippen LogP contribution in [-0.2, 0) is 6.42 Å². The van der Waals surface area contributed by atoms with Crippen LogP contribution in [0.1, 0.15) is 39.7 Å². The second-order valence-electron chi connectivity index (χ2n) is 6.40. The second kappa shape index (κ2) is 6.38. The van der Waals surface area contributed by atoms with E-state index in [9.17, 15) is 4.39 Å². The molecule has 0 aliphatic rings. The summed E-state index contributed by atoms with van der Waals surface area (Å²) in [6, 6.07) is 5.18. The van der Waals surface area contributed by atoms with Crippen molar-refractivity contribution in [3.63, 3.8) is 0 Å². The van der Waals surface area contributed by atoms with Crippen LogP contribution in [0, 0.1) is 17.2 Å². The van der Waals surface area contributed by atoms with Gasteiger partial charge in [0.05, 0.1) is 7.11 Å². The Morgan fingerprint density at radius 1 is 1.32 bits per heavy atom. The summed E-state index contributed by atoms with van der Waals surface area (Å²) >= 11 is 0. The highest BCUT2D eigenvalue weighted by molar-refractivity contribution is 5.31.